The van der Waals surface area contributed by atoms with E-state index in [0.29, 0.717) is 12.4 Å². The van der Waals surface area contributed by atoms with Crippen molar-refractivity contribution in [1.82, 2.24) is 9.80 Å². The van der Waals surface area contributed by atoms with E-state index >= 15 is 0 Å². The highest BCUT2D eigenvalue weighted by Crippen LogP contribution is 2.26. The minimum absolute atomic E-state index is 0.167. The molecule has 0 amide bonds. The minimum Gasteiger partial charge on any atom is -0.489 e. The Hall–Kier alpha value is -3.05. The maximum absolute atomic E-state index is 14.1. The van der Waals surface area contributed by atoms with E-state index < -0.39 is 11.6 Å². The Kier molecular flexibility index (Phi) is 9.38. The molecule has 10 heteroatoms. The van der Waals surface area contributed by atoms with E-state index in [1.54, 1.807) is 6.07 Å². The summed E-state index contributed by atoms with van der Waals surface area (Å²) in [5.74, 6) is -0.630. The van der Waals surface area contributed by atoms with Gasteiger partial charge in [0.05, 0.1) is 33.5 Å². The SMILES string of the molecule is CNCCC[N+](C)(C(=N)OC)c1ccc(COc2cc(F)cc(ON=C[C@H]3COC(C)(C)O3)c2)cc1. The largest absolute Gasteiger partial charge is 0.489 e. The number of hydrogen-bond acceptors (Lipinski definition) is 8. The van der Waals surface area contributed by atoms with Crippen LogP contribution in [0.3, 0.4) is 0 Å². The van der Waals surface area contributed by atoms with Gasteiger partial charge in [0.15, 0.2) is 11.5 Å². The third-order valence-corrected chi connectivity index (χ3v) is 5.85. The number of amidine groups is 1. The van der Waals surface area contributed by atoms with Crippen LogP contribution in [-0.2, 0) is 20.8 Å². The van der Waals surface area contributed by atoms with Crippen molar-refractivity contribution >= 4 is 17.9 Å². The van der Waals surface area contributed by atoms with Crippen molar-refractivity contribution in [2.45, 2.75) is 38.8 Å². The zero-order valence-corrected chi connectivity index (χ0v) is 21.5. The first-order valence-electron chi connectivity index (χ1n) is 11.8. The molecule has 1 aliphatic rings. The van der Waals surface area contributed by atoms with Crippen LogP contribution in [0.2, 0.25) is 0 Å². The lowest BCUT2D eigenvalue weighted by molar-refractivity contribution is -0.131. The zero-order valence-electron chi connectivity index (χ0n) is 21.5. The number of oxime groups is 1. The second-order valence-corrected chi connectivity index (χ2v) is 9.17. The van der Waals surface area contributed by atoms with Gasteiger partial charge in [-0.15, -0.1) is 0 Å². The van der Waals surface area contributed by atoms with Gasteiger partial charge in [0.1, 0.15) is 30.0 Å². The Morgan fingerprint density at radius 1 is 1.25 bits per heavy atom. The van der Waals surface area contributed by atoms with Gasteiger partial charge in [-0.3, -0.25) is 0 Å². The summed E-state index contributed by atoms with van der Waals surface area (Å²) in [6.07, 6.45) is 2.04. The average Bonchev–Trinajstić information content (AvgIpc) is 3.20. The Labute approximate surface area is 211 Å². The molecule has 1 fully saturated rings. The number of benzene rings is 2. The summed E-state index contributed by atoms with van der Waals surface area (Å²) >= 11 is 0. The summed E-state index contributed by atoms with van der Waals surface area (Å²) in [4.78, 5) is 5.31. The molecule has 9 nitrogen and oxygen atoms in total. The monoisotopic (exact) mass is 503 g/mol. The van der Waals surface area contributed by atoms with Crippen molar-refractivity contribution in [2.24, 2.45) is 5.16 Å². The van der Waals surface area contributed by atoms with Gasteiger partial charge in [0, 0.05) is 43.3 Å². The lowest BCUT2D eigenvalue weighted by atomic mass is 10.1. The molecule has 36 heavy (non-hydrogen) atoms. The molecule has 2 N–H and O–H groups in total. The number of nitrogens with zero attached hydrogens (tertiary/aromatic N) is 2. The molecule has 2 aromatic rings. The fourth-order valence-electron chi connectivity index (χ4n) is 3.83. The average molecular weight is 504 g/mol. The normalized spacial score (nSPS) is 18.7. The second kappa shape index (κ2) is 12.3. The summed E-state index contributed by atoms with van der Waals surface area (Å²) in [7, 11) is 5.37. The molecule has 3 rings (SSSR count). The van der Waals surface area contributed by atoms with Crippen LogP contribution in [0.5, 0.6) is 11.5 Å². The van der Waals surface area contributed by atoms with Crippen LogP contribution in [0.15, 0.2) is 47.6 Å². The lowest BCUT2D eigenvalue weighted by Gasteiger charge is -2.31. The second-order valence-electron chi connectivity index (χ2n) is 9.17. The molecule has 0 aromatic heterocycles. The van der Waals surface area contributed by atoms with Crippen LogP contribution >= 0.6 is 0 Å². The van der Waals surface area contributed by atoms with Gasteiger partial charge in [-0.2, -0.15) is 0 Å². The van der Waals surface area contributed by atoms with E-state index in [1.165, 1.54) is 25.5 Å². The van der Waals surface area contributed by atoms with E-state index in [-0.39, 0.29) is 29.0 Å². The molecule has 0 spiro atoms. The van der Waals surface area contributed by atoms with Crippen molar-refractivity contribution in [3.05, 3.63) is 53.8 Å². The van der Waals surface area contributed by atoms with E-state index in [4.69, 9.17) is 29.2 Å². The molecular weight excluding hydrogens is 467 g/mol. The number of hydrogen-bond donors (Lipinski definition) is 2. The number of halogens is 1. The Bertz CT molecular complexity index is 1050. The Morgan fingerprint density at radius 3 is 2.61 bits per heavy atom. The summed E-state index contributed by atoms with van der Waals surface area (Å²) in [5.41, 5.74) is 1.83. The fourth-order valence-corrected chi connectivity index (χ4v) is 3.83. The van der Waals surface area contributed by atoms with Crippen LogP contribution in [0.4, 0.5) is 10.1 Å². The molecule has 1 unspecified atom stereocenters. The van der Waals surface area contributed by atoms with E-state index in [9.17, 15) is 4.39 Å². The van der Waals surface area contributed by atoms with Crippen molar-refractivity contribution in [2.75, 3.05) is 40.9 Å². The van der Waals surface area contributed by atoms with Crippen molar-refractivity contribution in [3.63, 3.8) is 0 Å². The van der Waals surface area contributed by atoms with Gasteiger partial charge in [-0.05, 0) is 38.6 Å². The number of ether oxygens (including phenoxy) is 4. The third-order valence-electron chi connectivity index (χ3n) is 5.85. The first-order valence-corrected chi connectivity index (χ1v) is 11.8. The molecule has 1 aliphatic heterocycles. The molecule has 0 bridgehead atoms. The number of methoxy groups -OCH3 is 1. The number of rotatable bonds is 11. The fraction of sp³-hybridized carbons (Fsp3) is 0.462. The van der Waals surface area contributed by atoms with Gasteiger partial charge in [0.25, 0.3) is 0 Å². The maximum atomic E-state index is 14.1. The highest BCUT2D eigenvalue weighted by Gasteiger charge is 2.33. The summed E-state index contributed by atoms with van der Waals surface area (Å²) in [6, 6.07) is 12.0. The van der Waals surface area contributed by atoms with Crippen LogP contribution in [0.25, 0.3) is 0 Å². The summed E-state index contributed by atoms with van der Waals surface area (Å²) in [5, 5.41) is 15.3. The zero-order chi connectivity index (χ0) is 26.2. The molecular formula is C26H36FN4O5+. The van der Waals surface area contributed by atoms with E-state index in [0.717, 1.165) is 30.8 Å². The predicted octanol–water partition coefficient (Wildman–Crippen LogP) is 4.05. The number of nitrogens with one attached hydrogen (secondary N) is 2. The van der Waals surface area contributed by atoms with Crippen molar-refractivity contribution in [3.8, 4) is 11.5 Å². The predicted molar refractivity (Wildman–Crippen MR) is 137 cm³/mol. The number of quaternary nitrogens is 1. The van der Waals surface area contributed by atoms with E-state index in [2.05, 4.69) is 10.5 Å². The standard InChI is InChI=1S/C26H36FN4O5/c1-26(2)34-18-24(35-26)16-30-36-23-14-20(27)13-22(15-23)33-17-19-7-9-21(10-8-19)31(4,25(28)32-5)12-6-11-29-3/h7-10,13-16,24,28-29H,6,11-12,17-18H2,1-5H3/q+1/t24-,31?/m0/s1. The lowest BCUT2D eigenvalue weighted by Crippen LogP contribution is -2.52. The molecule has 1 heterocycles. The van der Waals surface area contributed by atoms with Crippen LogP contribution in [0.1, 0.15) is 25.8 Å². The molecule has 0 saturated carbocycles. The molecule has 2 aromatic carbocycles. The van der Waals surface area contributed by atoms with Crippen LogP contribution < -0.4 is 19.4 Å². The molecule has 0 radical (unpaired) electrons. The Morgan fingerprint density at radius 2 is 1.97 bits per heavy atom. The van der Waals surface area contributed by atoms with Crippen LogP contribution in [0, 0.1) is 11.2 Å². The first-order chi connectivity index (χ1) is 17.1. The third kappa shape index (κ3) is 7.47. The minimum atomic E-state index is -0.662. The Balaban J connectivity index is 1.60. The topological polar surface area (TPSA) is 94.4 Å². The first kappa shape index (κ1) is 27.5. The van der Waals surface area contributed by atoms with Gasteiger partial charge < -0.3 is 29.1 Å². The molecule has 1 saturated heterocycles. The van der Waals surface area contributed by atoms with Crippen molar-refractivity contribution in [1.29, 1.82) is 5.41 Å². The van der Waals surface area contributed by atoms with Gasteiger partial charge >= 0.3 is 6.02 Å². The highest BCUT2D eigenvalue weighted by molar-refractivity contribution is 5.83. The van der Waals surface area contributed by atoms with Gasteiger partial charge in [-0.25, -0.2) is 14.3 Å². The van der Waals surface area contributed by atoms with Crippen LogP contribution in [-0.4, -0.2) is 65.0 Å². The molecule has 2 atom stereocenters. The quantitative estimate of drug-likeness (QED) is 0.158. The highest BCUT2D eigenvalue weighted by atomic mass is 19.1. The van der Waals surface area contributed by atoms with E-state index in [1.807, 2.05) is 52.2 Å². The smallest absolute Gasteiger partial charge is 0.395 e. The van der Waals surface area contributed by atoms with Gasteiger partial charge in [0.2, 0.25) is 0 Å². The van der Waals surface area contributed by atoms with Crippen molar-refractivity contribution < 1.29 is 28.2 Å². The van der Waals surface area contributed by atoms with Gasteiger partial charge in [-0.1, -0.05) is 5.16 Å². The molecule has 0 aliphatic carbocycles. The summed E-state index contributed by atoms with van der Waals surface area (Å²) in [6.45, 7) is 5.81. The maximum Gasteiger partial charge on any atom is 0.395 e. The molecule has 196 valence electrons. The summed E-state index contributed by atoms with van der Waals surface area (Å²) < 4.78 is 36.5.